The molecule has 0 saturated carbocycles. The molecule has 0 N–H and O–H groups in total. The summed E-state index contributed by atoms with van der Waals surface area (Å²) in [5.41, 5.74) is 0.366. The van der Waals surface area contributed by atoms with E-state index >= 15 is 0 Å². The first-order chi connectivity index (χ1) is 8.06. The van der Waals surface area contributed by atoms with Gasteiger partial charge in [0, 0.05) is 5.57 Å². The first kappa shape index (κ1) is 12.8. The molecule has 0 aliphatic heterocycles. The van der Waals surface area contributed by atoms with Crippen LogP contribution in [-0.4, -0.2) is 19.0 Å². The molecular weight excluding hydrogens is 224 g/mol. The van der Waals surface area contributed by atoms with Gasteiger partial charge in [-0.25, -0.2) is 14.5 Å². The van der Waals surface area contributed by atoms with Crippen LogP contribution in [0.4, 0.5) is 0 Å². The second-order valence-corrected chi connectivity index (χ2v) is 3.22. The van der Waals surface area contributed by atoms with Crippen LogP contribution in [0.25, 0.3) is 0 Å². The van der Waals surface area contributed by atoms with Gasteiger partial charge in [0.05, 0.1) is 7.11 Å². The minimum absolute atomic E-state index is 0.106. The molecule has 1 aromatic carbocycles. The lowest BCUT2D eigenvalue weighted by atomic mass is 10.2. The summed E-state index contributed by atoms with van der Waals surface area (Å²) in [6.07, 6.45) is 0. The van der Waals surface area contributed by atoms with Crippen LogP contribution in [0.15, 0.2) is 36.4 Å². The van der Waals surface area contributed by atoms with E-state index in [-0.39, 0.29) is 16.9 Å². The van der Waals surface area contributed by atoms with E-state index in [1.165, 1.54) is 26.2 Å². The quantitative estimate of drug-likeness (QED) is 0.346. The molecule has 1 aromatic rings. The number of ether oxygens (including phenoxy) is 1. The van der Waals surface area contributed by atoms with Crippen molar-refractivity contribution in [3.05, 3.63) is 42.0 Å². The lowest BCUT2D eigenvalue weighted by molar-refractivity contribution is -0.208. The molecule has 0 radical (unpaired) electrons. The summed E-state index contributed by atoms with van der Waals surface area (Å²) in [6.45, 7) is 4.88. The number of carbonyl (C=O) groups is 2. The summed E-state index contributed by atoms with van der Waals surface area (Å²) in [5, 5.41) is 0. The van der Waals surface area contributed by atoms with Crippen molar-refractivity contribution in [3.63, 3.8) is 0 Å². The maximum absolute atomic E-state index is 11.4. The van der Waals surface area contributed by atoms with Gasteiger partial charge >= 0.3 is 11.9 Å². The molecule has 0 aliphatic rings. The average Bonchev–Trinajstić information content (AvgIpc) is 2.35. The van der Waals surface area contributed by atoms with Gasteiger partial charge in [0.25, 0.3) is 0 Å². The van der Waals surface area contributed by atoms with Gasteiger partial charge < -0.3 is 4.74 Å². The second kappa shape index (κ2) is 5.69. The second-order valence-electron chi connectivity index (χ2n) is 3.22. The van der Waals surface area contributed by atoms with Crippen molar-refractivity contribution in [1.29, 1.82) is 0 Å². The highest BCUT2D eigenvalue weighted by atomic mass is 17.2. The van der Waals surface area contributed by atoms with Crippen LogP contribution in [0.1, 0.15) is 17.3 Å². The standard InChI is InChI=1S/C12H12O5/c1-8(2)11(13)17-16-10-7-5-4-6-9(10)12(14)15-3/h4-7H,1H2,2-3H3. The summed E-state index contributed by atoms with van der Waals surface area (Å²) < 4.78 is 4.55. The Labute approximate surface area is 98.5 Å². The SMILES string of the molecule is C=C(C)C(=O)OOc1ccccc1C(=O)OC. The van der Waals surface area contributed by atoms with Gasteiger partial charge in [0.2, 0.25) is 0 Å². The molecule has 0 aromatic heterocycles. The van der Waals surface area contributed by atoms with Gasteiger partial charge in [-0.2, -0.15) is 0 Å². The molecule has 5 nitrogen and oxygen atoms in total. The molecule has 0 heterocycles. The van der Waals surface area contributed by atoms with Gasteiger partial charge in [0.1, 0.15) is 5.56 Å². The summed E-state index contributed by atoms with van der Waals surface area (Å²) >= 11 is 0. The molecule has 0 unspecified atom stereocenters. The van der Waals surface area contributed by atoms with Crippen LogP contribution in [0.2, 0.25) is 0 Å². The Hall–Kier alpha value is -2.30. The Morgan fingerprint density at radius 1 is 1.24 bits per heavy atom. The fraction of sp³-hybridized carbons (Fsp3) is 0.167. The molecule has 0 saturated heterocycles. The molecule has 0 atom stereocenters. The summed E-state index contributed by atoms with van der Waals surface area (Å²) in [5.74, 6) is -1.18. The van der Waals surface area contributed by atoms with Gasteiger partial charge in [-0.05, 0) is 19.1 Å². The van der Waals surface area contributed by atoms with Crippen molar-refractivity contribution in [3.8, 4) is 5.75 Å². The Bertz CT molecular complexity index is 450. The number of esters is 1. The molecule has 0 spiro atoms. The van der Waals surface area contributed by atoms with Crippen LogP contribution in [0, 0.1) is 0 Å². The van der Waals surface area contributed by atoms with Crippen molar-refractivity contribution in [1.82, 2.24) is 0 Å². The number of hydrogen-bond donors (Lipinski definition) is 0. The van der Waals surface area contributed by atoms with Crippen LogP contribution in [-0.2, 0) is 14.4 Å². The maximum atomic E-state index is 11.4. The highest BCUT2D eigenvalue weighted by Crippen LogP contribution is 2.19. The molecule has 17 heavy (non-hydrogen) atoms. The normalized spacial score (nSPS) is 9.29. The molecule has 0 bridgehead atoms. The van der Waals surface area contributed by atoms with Gasteiger partial charge in [-0.15, -0.1) is 0 Å². The molecule has 5 heteroatoms. The Balaban J connectivity index is 2.81. The highest BCUT2D eigenvalue weighted by Gasteiger charge is 2.14. The number of methoxy groups -OCH3 is 1. The zero-order valence-corrected chi connectivity index (χ0v) is 9.56. The number of benzene rings is 1. The summed E-state index contributed by atoms with van der Waals surface area (Å²) in [4.78, 5) is 31.7. The van der Waals surface area contributed by atoms with E-state index in [2.05, 4.69) is 16.2 Å². The zero-order valence-electron chi connectivity index (χ0n) is 9.56. The Morgan fingerprint density at radius 3 is 2.47 bits per heavy atom. The van der Waals surface area contributed by atoms with E-state index in [4.69, 9.17) is 4.89 Å². The number of para-hydroxylation sites is 1. The number of hydrogen-bond acceptors (Lipinski definition) is 5. The van der Waals surface area contributed by atoms with E-state index in [1.807, 2.05) is 0 Å². The fourth-order valence-electron chi connectivity index (χ4n) is 0.972. The van der Waals surface area contributed by atoms with E-state index in [9.17, 15) is 9.59 Å². The largest absolute Gasteiger partial charge is 0.465 e. The third kappa shape index (κ3) is 3.34. The van der Waals surface area contributed by atoms with Crippen molar-refractivity contribution < 1.29 is 24.1 Å². The van der Waals surface area contributed by atoms with Crippen molar-refractivity contribution in [2.24, 2.45) is 0 Å². The third-order valence-corrected chi connectivity index (χ3v) is 1.85. The highest BCUT2D eigenvalue weighted by molar-refractivity contribution is 5.92. The first-order valence-corrected chi connectivity index (χ1v) is 4.78. The topological polar surface area (TPSA) is 61.8 Å². The molecule has 0 fully saturated rings. The third-order valence-electron chi connectivity index (χ3n) is 1.85. The lowest BCUT2D eigenvalue weighted by Gasteiger charge is -2.07. The van der Waals surface area contributed by atoms with E-state index < -0.39 is 11.9 Å². The molecular formula is C12H12O5. The van der Waals surface area contributed by atoms with Crippen LogP contribution < -0.4 is 4.89 Å². The smallest absolute Gasteiger partial charge is 0.381 e. The maximum Gasteiger partial charge on any atom is 0.381 e. The minimum atomic E-state index is -0.704. The van der Waals surface area contributed by atoms with Crippen LogP contribution in [0.5, 0.6) is 5.75 Å². The minimum Gasteiger partial charge on any atom is -0.465 e. The Kier molecular flexibility index (Phi) is 4.28. The average molecular weight is 236 g/mol. The molecule has 0 aliphatic carbocycles. The van der Waals surface area contributed by atoms with E-state index in [0.29, 0.717) is 0 Å². The predicted molar refractivity (Wildman–Crippen MR) is 59.3 cm³/mol. The molecule has 1 rings (SSSR count). The van der Waals surface area contributed by atoms with Gasteiger partial charge in [-0.3, -0.25) is 4.89 Å². The summed E-state index contributed by atoms with van der Waals surface area (Å²) in [7, 11) is 1.25. The van der Waals surface area contributed by atoms with E-state index in [1.54, 1.807) is 12.1 Å². The van der Waals surface area contributed by atoms with Crippen LogP contribution >= 0.6 is 0 Å². The monoisotopic (exact) mass is 236 g/mol. The fourth-order valence-corrected chi connectivity index (χ4v) is 0.972. The lowest BCUT2D eigenvalue weighted by Crippen LogP contribution is -2.11. The number of rotatable bonds is 4. The summed E-state index contributed by atoms with van der Waals surface area (Å²) in [6, 6.07) is 6.25. The van der Waals surface area contributed by atoms with Crippen LogP contribution in [0.3, 0.4) is 0 Å². The van der Waals surface area contributed by atoms with Crippen molar-refractivity contribution in [2.45, 2.75) is 6.92 Å². The van der Waals surface area contributed by atoms with Gasteiger partial charge in [0.15, 0.2) is 5.75 Å². The number of carbonyl (C=O) groups excluding carboxylic acids is 2. The first-order valence-electron chi connectivity index (χ1n) is 4.78. The van der Waals surface area contributed by atoms with E-state index in [0.717, 1.165) is 0 Å². The zero-order chi connectivity index (χ0) is 12.8. The Morgan fingerprint density at radius 2 is 1.88 bits per heavy atom. The van der Waals surface area contributed by atoms with Gasteiger partial charge in [-0.1, -0.05) is 18.7 Å². The molecule has 0 amide bonds. The predicted octanol–water partition coefficient (Wildman–Crippen LogP) is 1.89. The van der Waals surface area contributed by atoms with Crippen molar-refractivity contribution in [2.75, 3.05) is 7.11 Å². The molecule has 90 valence electrons. The van der Waals surface area contributed by atoms with Crippen molar-refractivity contribution >= 4 is 11.9 Å².